The number of likely N-dealkylation sites (N-methyl/N-ethyl adjacent to an activating group) is 1. The highest BCUT2D eigenvalue weighted by Crippen LogP contribution is 2.00. The number of hydrogen-bond acceptors (Lipinski definition) is 2. The van der Waals surface area contributed by atoms with E-state index < -0.39 is 5.97 Å². The van der Waals surface area contributed by atoms with Gasteiger partial charge in [0.2, 0.25) is 0 Å². The zero-order chi connectivity index (χ0) is 10.3. The van der Waals surface area contributed by atoms with Crippen molar-refractivity contribution in [1.82, 2.24) is 4.90 Å². The zero-order valence-electron chi connectivity index (χ0n) is 8.09. The molecule has 0 atom stereocenters. The van der Waals surface area contributed by atoms with E-state index in [1.807, 2.05) is 14.0 Å². The summed E-state index contributed by atoms with van der Waals surface area (Å²) in [6, 6.07) is 0. The van der Waals surface area contributed by atoms with E-state index in [4.69, 9.17) is 16.7 Å². The molecule has 0 heterocycles. The molecule has 3 nitrogen and oxygen atoms in total. The van der Waals surface area contributed by atoms with Gasteiger partial charge in [-0.3, -0.25) is 4.79 Å². The van der Waals surface area contributed by atoms with Crippen LogP contribution in [-0.2, 0) is 4.79 Å². The average molecular weight is 206 g/mol. The molecule has 0 aromatic heterocycles. The Morgan fingerprint density at radius 2 is 2.23 bits per heavy atom. The van der Waals surface area contributed by atoms with E-state index in [-0.39, 0.29) is 6.42 Å². The SMILES string of the molecule is CC(=CCl)CN(C)CCCC(=O)O. The van der Waals surface area contributed by atoms with Gasteiger partial charge < -0.3 is 10.0 Å². The van der Waals surface area contributed by atoms with Crippen molar-refractivity contribution in [3.05, 3.63) is 11.1 Å². The van der Waals surface area contributed by atoms with Crippen LogP contribution in [0.3, 0.4) is 0 Å². The highest BCUT2D eigenvalue weighted by molar-refractivity contribution is 6.25. The maximum absolute atomic E-state index is 10.2. The summed E-state index contributed by atoms with van der Waals surface area (Å²) in [6.45, 7) is 3.53. The van der Waals surface area contributed by atoms with Crippen molar-refractivity contribution in [3.8, 4) is 0 Å². The van der Waals surface area contributed by atoms with Gasteiger partial charge in [-0.2, -0.15) is 0 Å². The van der Waals surface area contributed by atoms with Gasteiger partial charge in [-0.05, 0) is 32.5 Å². The van der Waals surface area contributed by atoms with Crippen LogP contribution in [0.4, 0.5) is 0 Å². The van der Waals surface area contributed by atoms with Crippen LogP contribution in [0.15, 0.2) is 11.1 Å². The second kappa shape index (κ2) is 6.92. The van der Waals surface area contributed by atoms with Crippen molar-refractivity contribution in [2.24, 2.45) is 0 Å². The lowest BCUT2D eigenvalue weighted by atomic mass is 10.2. The summed E-state index contributed by atoms with van der Waals surface area (Å²) in [5.41, 5.74) is 2.63. The molecular formula is C9H16ClNO2. The Morgan fingerprint density at radius 3 is 2.69 bits per heavy atom. The Balaban J connectivity index is 3.51. The lowest BCUT2D eigenvalue weighted by Crippen LogP contribution is -2.22. The second-order valence-electron chi connectivity index (χ2n) is 3.19. The molecule has 0 radical (unpaired) electrons. The molecule has 76 valence electrons. The van der Waals surface area contributed by atoms with E-state index in [9.17, 15) is 4.79 Å². The number of halogens is 1. The van der Waals surface area contributed by atoms with Gasteiger partial charge in [0.1, 0.15) is 0 Å². The molecule has 0 spiro atoms. The number of rotatable bonds is 6. The average Bonchev–Trinajstić information content (AvgIpc) is 2.03. The molecule has 0 fully saturated rings. The fourth-order valence-electron chi connectivity index (χ4n) is 1.04. The van der Waals surface area contributed by atoms with Crippen molar-refractivity contribution in [3.63, 3.8) is 0 Å². The van der Waals surface area contributed by atoms with Gasteiger partial charge in [0.25, 0.3) is 0 Å². The molecule has 0 aromatic carbocycles. The van der Waals surface area contributed by atoms with Gasteiger partial charge >= 0.3 is 5.97 Å². The van der Waals surface area contributed by atoms with E-state index in [2.05, 4.69) is 4.90 Å². The van der Waals surface area contributed by atoms with Gasteiger partial charge in [0.15, 0.2) is 0 Å². The summed E-state index contributed by atoms with van der Waals surface area (Å²) < 4.78 is 0. The number of nitrogens with zero attached hydrogens (tertiary/aromatic N) is 1. The number of hydrogen-bond donors (Lipinski definition) is 1. The van der Waals surface area contributed by atoms with E-state index in [1.54, 1.807) is 5.54 Å². The normalized spacial score (nSPS) is 12.2. The predicted molar refractivity (Wildman–Crippen MR) is 54.0 cm³/mol. The monoisotopic (exact) mass is 205 g/mol. The minimum atomic E-state index is -0.738. The number of carboxylic acid groups (broad SMARTS) is 1. The highest BCUT2D eigenvalue weighted by atomic mass is 35.5. The van der Waals surface area contributed by atoms with Crippen molar-refractivity contribution in [2.75, 3.05) is 20.1 Å². The van der Waals surface area contributed by atoms with Crippen LogP contribution in [0.5, 0.6) is 0 Å². The highest BCUT2D eigenvalue weighted by Gasteiger charge is 2.01. The van der Waals surface area contributed by atoms with Crippen molar-refractivity contribution >= 4 is 17.6 Å². The minimum absolute atomic E-state index is 0.230. The molecule has 4 heteroatoms. The molecule has 0 saturated carbocycles. The van der Waals surface area contributed by atoms with Gasteiger partial charge in [-0.1, -0.05) is 11.6 Å². The predicted octanol–water partition coefficient (Wildman–Crippen LogP) is 1.93. The van der Waals surface area contributed by atoms with Crippen molar-refractivity contribution in [1.29, 1.82) is 0 Å². The van der Waals surface area contributed by atoms with Gasteiger partial charge in [0.05, 0.1) is 0 Å². The maximum atomic E-state index is 10.2. The third-order valence-electron chi connectivity index (χ3n) is 1.64. The molecule has 0 aromatic rings. The first-order valence-corrected chi connectivity index (χ1v) is 4.66. The Bertz CT molecular complexity index is 192. The van der Waals surface area contributed by atoms with Crippen LogP contribution in [0.2, 0.25) is 0 Å². The standard InChI is InChI=1S/C9H16ClNO2/c1-8(6-10)7-11(2)5-3-4-9(12)13/h6H,3-5,7H2,1-2H3,(H,12,13). The van der Waals surface area contributed by atoms with Gasteiger partial charge in [-0.25, -0.2) is 0 Å². The molecule has 1 N–H and O–H groups in total. The summed E-state index contributed by atoms with van der Waals surface area (Å²) >= 11 is 5.50. The molecule has 0 aliphatic carbocycles. The van der Waals surface area contributed by atoms with E-state index in [1.165, 1.54) is 0 Å². The molecule has 0 rings (SSSR count). The van der Waals surface area contributed by atoms with E-state index in [0.29, 0.717) is 6.42 Å². The smallest absolute Gasteiger partial charge is 0.303 e. The van der Waals surface area contributed by atoms with Crippen LogP contribution in [-0.4, -0.2) is 36.1 Å². The van der Waals surface area contributed by atoms with E-state index >= 15 is 0 Å². The Labute approximate surface area is 84.0 Å². The fourth-order valence-corrected chi connectivity index (χ4v) is 1.11. The molecule has 13 heavy (non-hydrogen) atoms. The van der Waals surface area contributed by atoms with Crippen LogP contribution < -0.4 is 0 Å². The Kier molecular flexibility index (Phi) is 6.63. The van der Waals surface area contributed by atoms with Gasteiger partial charge in [-0.15, -0.1) is 0 Å². The lowest BCUT2D eigenvalue weighted by Gasteiger charge is -2.15. The summed E-state index contributed by atoms with van der Waals surface area (Å²) in [5.74, 6) is -0.738. The number of aliphatic carboxylic acids is 1. The second-order valence-corrected chi connectivity index (χ2v) is 3.41. The number of carboxylic acids is 1. The van der Waals surface area contributed by atoms with Crippen LogP contribution >= 0.6 is 11.6 Å². The maximum Gasteiger partial charge on any atom is 0.303 e. The number of carbonyl (C=O) groups is 1. The molecular weight excluding hydrogens is 190 g/mol. The van der Waals surface area contributed by atoms with Gasteiger partial charge in [0, 0.05) is 18.5 Å². The van der Waals surface area contributed by atoms with Crippen LogP contribution in [0.25, 0.3) is 0 Å². The molecule has 0 bridgehead atoms. The minimum Gasteiger partial charge on any atom is -0.481 e. The third kappa shape index (κ3) is 7.81. The molecule has 0 amide bonds. The largest absolute Gasteiger partial charge is 0.481 e. The van der Waals surface area contributed by atoms with Crippen LogP contribution in [0.1, 0.15) is 19.8 Å². The Morgan fingerprint density at radius 1 is 1.62 bits per heavy atom. The first kappa shape index (κ1) is 12.5. The van der Waals surface area contributed by atoms with Crippen LogP contribution in [0, 0.1) is 0 Å². The molecule has 0 saturated heterocycles. The van der Waals surface area contributed by atoms with E-state index in [0.717, 1.165) is 18.7 Å². The quantitative estimate of drug-likeness (QED) is 0.721. The summed E-state index contributed by atoms with van der Waals surface area (Å²) in [4.78, 5) is 12.3. The summed E-state index contributed by atoms with van der Waals surface area (Å²) in [5, 5.41) is 8.40. The van der Waals surface area contributed by atoms with Crippen molar-refractivity contribution < 1.29 is 9.90 Å². The summed E-state index contributed by atoms with van der Waals surface area (Å²) in [7, 11) is 1.95. The lowest BCUT2D eigenvalue weighted by molar-refractivity contribution is -0.137. The Hall–Kier alpha value is -0.540. The summed E-state index contributed by atoms with van der Waals surface area (Å²) in [6.07, 6.45) is 0.912. The topological polar surface area (TPSA) is 40.5 Å². The molecule has 0 aliphatic rings. The zero-order valence-corrected chi connectivity index (χ0v) is 8.84. The molecule has 0 unspecified atom stereocenters. The fraction of sp³-hybridized carbons (Fsp3) is 0.667. The first-order chi connectivity index (χ1) is 6.06. The first-order valence-electron chi connectivity index (χ1n) is 4.22. The molecule has 0 aliphatic heterocycles. The van der Waals surface area contributed by atoms with Crippen molar-refractivity contribution in [2.45, 2.75) is 19.8 Å². The third-order valence-corrected chi connectivity index (χ3v) is 2.01.